The molecule has 0 bridgehead atoms. The topological polar surface area (TPSA) is 12.0 Å². The van der Waals surface area contributed by atoms with Crippen LogP contribution in [0.4, 0.5) is 0 Å². The fourth-order valence-electron chi connectivity index (χ4n) is 1.16. The molecule has 1 rings (SSSR count). The minimum absolute atomic E-state index is 0.788. The molecule has 15 heavy (non-hydrogen) atoms. The molecule has 0 atom stereocenters. The largest absolute Gasteiger partial charge is 0.312 e. The monoisotopic (exact) mass is 239 g/mol. The second kappa shape index (κ2) is 7.64. The van der Waals surface area contributed by atoms with Crippen LogP contribution in [0.25, 0.3) is 0 Å². The Bertz CT molecular complexity index is 333. The first-order valence-corrected chi connectivity index (χ1v) is 6.32. The summed E-state index contributed by atoms with van der Waals surface area (Å²) >= 11 is 7.64. The van der Waals surface area contributed by atoms with Crippen LogP contribution in [0.2, 0.25) is 5.02 Å². The van der Waals surface area contributed by atoms with Gasteiger partial charge in [0.2, 0.25) is 0 Å². The number of hydrogen-bond donors (Lipinski definition) is 1. The summed E-state index contributed by atoms with van der Waals surface area (Å²) in [5.74, 6) is 4.44. The number of hydrogen-bond acceptors (Lipinski definition) is 2. The Morgan fingerprint density at radius 3 is 3.07 bits per heavy atom. The summed E-state index contributed by atoms with van der Waals surface area (Å²) in [6.45, 7) is 1.83. The van der Waals surface area contributed by atoms with Crippen molar-refractivity contribution in [3.8, 4) is 12.3 Å². The molecule has 1 aromatic carbocycles. The van der Waals surface area contributed by atoms with Crippen LogP contribution < -0.4 is 5.32 Å². The average Bonchev–Trinajstić information content (AvgIpc) is 2.23. The molecule has 3 heteroatoms. The lowest BCUT2D eigenvalue weighted by atomic mass is 10.2. The van der Waals surface area contributed by atoms with E-state index in [1.807, 2.05) is 18.2 Å². The maximum atomic E-state index is 5.87. The standard InChI is InChI=1S/C12H14ClNS/c1-2-7-15-8-6-14-10-11-4-3-5-12(13)9-11/h1,3-5,9,14H,6-8,10H2. The predicted octanol–water partition coefficient (Wildman–Crippen LogP) is 2.80. The Labute approximate surface area is 101 Å². The zero-order valence-electron chi connectivity index (χ0n) is 8.50. The first kappa shape index (κ1) is 12.4. The summed E-state index contributed by atoms with van der Waals surface area (Å²) in [4.78, 5) is 0. The van der Waals surface area contributed by atoms with Gasteiger partial charge in [0, 0.05) is 23.9 Å². The summed E-state index contributed by atoms with van der Waals surface area (Å²) in [6.07, 6.45) is 5.15. The fraction of sp³-hybridized carbons (Fsp3) is 0.333. The smallest absolute Gasteiger partial charge is 0.0545 e. The molecular formula is C12H14ClNS. The highest BCUT2D eigenvalue weighted by Crippen LogP contribution is 2.10. The number of nitrogens with one attached hydrogen (secondary N) is 1. The third-order valence-corrected chi connectivity index (χ3v) is 2.93. The Balaban J connectivity index is 2.13. The van der Waals surface area contributed by atoms with Crippen LogP contribution in [0.3, 0.4) is 0 Å². The quantitative estimate of drug-likeness (QED) is 0.605. The van der Waals surface area contributed by atoms with E-state index in [-0.39, 0.29) is 0 Å². The molecule has 0 saturated carbocycles. The Morgan fingerprint density at radius 1 is 1.47 bits per heavy atom. The number of terminal acetylenes is 1. The molecule has 1 nitrogen and oxygen atoms in total. The summed E-state index contributed by atoms with van der Waals surface area (Å²) in [5.41, 5.74) is 1.21. The van der Waals surface area contributed by atoms with Crippen LogP contribution in [-0.2, 0) is 6.54 Å². The molecular weight excluding hydrogens is 226 g/mol. The Hall–Kier alpha value is -0.620. The van der Waals surface area contributed by atoms with Crippen LogP contribution in [0, 0.1) is 12.3 Å². The highest BCUT2D eigenvalue weighted by Gasteiger charge is 1.93. The minimum atomic E-state index is 0.788. The number of halogens is 1. The lowest BCUT2D eigenvalue weighted by Crippen LogP contribution is -2.16. The van der Waals surface area contributed by atoms with E-state index in [2.05, 4.69) is 17.3 Å². The molecule has 0 aliphatic heterocycles. The van der Waals surface area contributed by atoms with Gasteiger partial charge in [-0.05, 0) is 17.7 Å². The van der Waals surface area contributed by atoms with Crippen LogP contribution in [-0.4, -0.2) is 18.1 Å². The van der Waals surface area contributed by atoms with Gasteiger partial charge in [0.05, 0.1) is 5.75 Å². The summed E-state index contributed by atoms with van der Waals surface area (Å²) in [5, 5.41) is 4.13. The zero-order chi connectivity index (χ0) is 10.9. The Kier molecular flexibility index (Phi) is 6.34. The fourth-order valence-corrected chi connectivity index (χ4v) is 1.92. The molecule has 0 spiro atoms. The van der Waals surface area contributed by atoms with E-state index in [9.17, 15) is 0 Å². The van der Waals surface area contributed by atoms with Crippen molar-refractivity contribution in [3.63, 3.8) is 0 Å². The van der Waals surface area contributed by atoms with Gasteiger partial charge in [-0.25, -0.2) is 0 Å². The Morgan fingerprint density at radius 2 is 2.33 bits per heavy atom. The van der Waals surface area contributed by atoms with E-state index < -0.39 is 0 Å². The van der Waals surface area contributed by atoms with Crippen molar-refractivity contribution >= 4 is 23.4 Å². The number of thioether (sulfide) groups is 1. The van der Waals surface area contributed by atoms with Crippen LogP contribution >= 0.6 is 23.4 Å². The van der Waals surface area contributed by atoms with Crippen molar-refractivity contribution in [2.24, 2.45) is 0 Å². The molecule has 0 radical (unpaired) electrons. The van der Waals surface area contributed by atoms with Gasteiger partial charge < -0.3 is 5.32 Å². The number of benzene rings is 1. The van der Waals surface area contributed by atoms with Crippen molar-refractivity contribution in [2.75, 3.05) is 18.1 Å². The van der Waals surface area contributed by atoms with Gasteiger partial charge in [-0.3, -0.25) is 0 Å². The van der Waals surface area contributed by atoms with Crippen LogP contribution in [0.5, 0.6) is 0 Å². The van der Waals surface area contributed by atoms with Crippen molar-refractivity contribution in [2.45, 2.75) is 6.54 Å². The van der Waals surface area contributed by atoms with Crippen LogP contribution in [0.1, 0.15) is 5.56 Å². The van der Waals surface area contributed by atoms with E-state index in [4.69, 9.17) is 18.0 Å². The maximum absolute atomic E-state index is 5.87. The zero-order valence-corrected chi connectivity index (χ0v) is 10.1. The van der Waals surface area contributed by atoms with E-state index in [0.717, 1.165) is 29.6 Å². The van der Waals surface area contributed by atoms with Crippen molar-refractivity contribution in [1.82, 2.24) is 5.32 Å². The SMILES string of the molecule is C#CCSCCNCc1cccc(Cl)c1. The van der Waals surface area contributed by atoms with Crippen LogP contribution in [0.15, 0.2) is 24.3 Å². The van der Waals surface area contributed by atoms with Gasteiger partial charge in [-0.15, -0.1) is 18.2 Å². The molecule has 0 aromatic heterocycles. The molecule has 0 amide bonds. The molecule has 0 heterocycles. The second-order valence-corrected chi connectivity index (χ2v) is 4.61. The van der Waals surface area contributed by atoms with Gasteiger partial charge in [0.15, 0.2) is 0 Å². The molecule has 80 valence electrons. The highest BCUT2D eigenvalue weighted by molar-refractivity contribution is 7.99. The summed E-state index contributed by atoms with van der Waals surface area (Å²) in [6, 6.07) is 7.89. The predicted molar refractivity (Wildman–Crippen MR) is 69.3 cm³/mol. The first-order valence-electron chi connectivity index (χ1n) is 4.79. The second-order valence-electron chi connectivity index (χ2n) is 3.06. The van der Waals surface area contributed by atoms with Gasteiger partial charge >= 0.3 is 0 Å². The molecule has 1 N–H and O–H groups in total. The molecule has 0 aliphatic rings. The van der Waals surface area contributed by atoms with Crippen molar-refractivity contribution in [3.05, 3.63) is 34.9 Å². The average molecular weight is 240 g/mol. The van der Waals surface area contributed by atoms with E-state index in [1.54, 1.807) is 11.8 Å². The van der Waals surface area contributed by atoms with E-state index >= 15 is 0 Å². The molecule has 0 unspecified atom stereocenters. The molecule has 0 fully saturated rings. The summed E-state index contributed by atoms with van der Waals surface area (Å²) < 4.78 is 0. The van der Waals surface area contributed by atoms with Gasteiger partial charge in [-0.2, -0.15) is 0 Å². The first-order chi connectivity index (χ1) is 7.33. The van der Waals surface area contributed by atoms with Gasteiger partial charge in [0.1, 0.15) is 0 Å². The highest BCUT2D eigenvalue weighted by atomic mass is 35.5. The molecule has 0 aliphatic carbocycles. The van der Waals surface area contributed by atoms with E-state index in [1.165, 1.54) is 5.56 Å². The van der Waals surface area contributed by atoms with Crippen molar-refractivity contribution in [1.29, 1.82) is 0 Å². The lowest BCUT2D eigenvalue weighted by molar-refractivity contribution is 0.732. The maximum Gasteiger partial charge on any atom is 0.0545 e. The lowest BCUT2D eigenvalue weighted by Gasteiger charge is -2.04. The normalized spacial score (nSPS) is 9.87. The minimum Gasteiger partial charge on any atom is -0.312 e. The number of rotatable bonds is 6. The summed E-state index contributed by atoms with van der Waals surface area (Å²) in [7, 11) is 0. The van der Waals surface area contributed by atoms with E-state index in [0.29, 0.717) is 0 Å². The van der Waals surface area contributed by atoms with Crippen molar-refractivity contribution < 1.29 is 0 Å². The molecule has 0 saturated heterocycles. The third-order valence-electron chi connectivity index (χ3n) is 1.83. The van der Waals surface area contributed by atoms with Gasteiger partial charge in [-0.1, -0.05) is 29.7 Å². The molecule has 1 aromatic rings. The van der Waals surface area contributed by atoms with Gasteiger partial charge in [0.25, 0.3) is 0 Å². The third kappa shape index (κ3) is 5.74.